The minimum atomic E-state index is -0.327. The number of carbonyl (C=O) groups is 2. The van der Waals surface area contributed by atoms with Crippen LogP contribution in [0.25, 0.3) is 0 Å². The summed E-state index contributed by atoms with van der Waals surface area (Å²) < 4.78 is 18.6. The maximum atomic E-state index is 13.0. The molecule has 0 saturated carbocycles. The van der Waals surface area contributed by atoms with Crippen molar-refractivity contribution in [3.8, 4) is 5.75 Å². The van der Waals surface area contributed by atoms with Gasteiger partial charge in [-0.15, -0.1) is 0 Å². The number of halogens is 1. The molecule has 0 aliphatic carbocycles. The second kappa shape index (κ2) is 8.99. The van der Waals surface area contributed by atoms with Gasteiger partial charge in [-0.05, 0) is 50.1 Å². The molecule has 2 aromatic rings. The van der Waals surface area contributed by atoms with Gasteiger partial charge in [-0.1, -0.05) is 24.3 Å². The lowest BCUT2D eigenvalue weighted by Crippen LogP contribution is -2.32. The summed E-state index contributed by atoms with van der Waals surface area (Å²) in [7, 11) is 0. The summed E-state index contributed by atoms with van der Waals surface area (Å²) in [5.74, 6) is -0.505. The van der Waals surface area contributed by atoms with Crippen LogP contribution in [-0.4, -0.2) is 25.0 Å². The Kier molecular flexibility index (Phi) is 6.72. The number of hydrogen-bond acceptors (Lipinski definition) is 3. The number of hydrogen-bond donors (Lipinski definition) is 2. The van der Waals surface area contributed by atoms with Crippen molar-refractivity contribution in [3.63, 3.8) is 0 Å². The molecule has 2 amide bonds. The Labute approximate surface area is 152 Å². The monoisotopic (exact) mass is 358 g/mol. The van der Waals surface area contributed by atoms with Gasteiger partial charge in [0.15, 0.2) is 6.61 Å². The maximum absolute atomic E-state index is 13.0. The lowest BCUT2D eigenvalue weighted by molar-refractivity contribution is -0.123. The molecule has 0 radical (unpaired) electrons. The van der Waals surface area contributed by atoms with Crippen LogP contribution in [0.15, 0.2) is 42.5 Å². The third-order valence-corrected chi connectivity index (χ3v) is 3.89. The van der Waals surface area contributed by atoms with Crippen LogP contribution in [0.4, 0.5) is 4.39 Å². The standard InChI is InChI=1S/C20H23FN2O3/c1-4-22-20(25)17-7-5-6-13(2)19(17)26-12-18(24)23-14(3)15-8-10-16(21)11-9-15/h5-11,14H,4,12H2,1-3H3,(H,22,25)(H,23,24). The molecule has 0 fully saturated rings. The number of para-hydroxylation sites is 1. The summed E-state index contributed by atoms with van der Waals surface area (Å²) in [6, 6.07) is 10.9. The Morgan fingerprint density at radius 3 is 2.50 bits per heavy atom. The zero-order valence-electron chi connectivity index (χ0n) is 15.1. The average Bonchev–Trinajstić information content (AvgIpc) is 2.61. The van der Waals surface area contributed by atoms with Gasteiger partial charge in [0, 0.05) is 6.54 Å². The first-order chi connectivity index (χ1) is 12.4. The molecule has 0 aliphatic rings. The van der Waals surface area contributed by atoms with E-state index in [9.17, 15) is 14.0 Å². The first-order valence-corrected chi connectivity index (χ1v) is 8.47. The highest BCUT2D eigenvalue weighted by Crippen LogP contribution is 2.23. The molecule has 1 atom stereocenters. The fraction of sp³-hybridized carbons (Fsp3) is 0.300. The van der Waals surface area contributed by atoms with Gasteiger partial charge in [0.2, 0.25) is 0 Å². The molecule has 26 heavy (non-hydrogen) atoms. The number of ether oxygens (including phenoxy) is 1. The molecule has 0 aromatic heterocycles. The van der Waals surface area contributed by atoms with E-state index in [2.05, 4.69) is 10.6 Å². The number of rotatable bonds is 7. The third-order valence-electron chi connectivity index (χ3n) is 3.89. The number of aryl methyl sites for hydroxylation is 1. The van der Waals surface area contributed by atoms with E-state index in [-0.39, 0.29) is 30.3 Å². The van der Waals surface area contributed by atoms with Crippen molar-refractivity contribution in [2.24, 2.45) is 0 Å². The highest BCUT2D eigenvalue weighted by atomic mass is 19.1. The Balaban J connectivity index is 2.01. The molecular weight excluding hydrogens is 335 g/mol. The van der Waals surface area contributed by atoms with Crippen LogP contribution in [0.5, 0.6) is 5.75 Å². The van der Waals surface area contributed by atoms with Crippen LogP contribution in [0.1, 0.15) is 41.4 Å². The van der Waals surface area contributed by atoms with Gasteiger partial charge in [0.05, 0.1) is 11.6 Å². The second-order valence-corrected chi connectivity index (χ2v) is 5.94. The van der Waals surface area contributed by atoms with E-state index in [0.29, 0.717) is 17.9 Å². The first kappa shape index (κ1) is 19.4. The second-order valence-electron chi connectivity index (χ2n) is 5.94. The lowest BCUT2D eigenvalue weighted by Gasteiger charge is -2.16. The van der Waals surface area contributed by atoms with Crippen LogP contribution in [0.2, 0.25) is 0 Å². The highest BCUT2D eigenvalue weighted by Gasteiger charge is 2.16. The van der Waals surface area contributed by atoms with Crippen LogP contribution in [0, 0.1) is 12.7 Å². The van der Waals surface area contributed by atoms with Crippen molar-refractivity contribution < 1.29 is 18.7 Å². The zero-order valence-corrected chi connectivity index (χ0v) is 15.1. The number of nitrogens with one attached hydrogen (secondary N) is 2. The number of benzene rings is 2. The van der Waals surface area contributed by atoms with Crippen LogP contribution in [-0.2, 0) is 4.79 Å². The number of carbonyl (C=O) groups excluding carboxylic acids is 2. The van der Waals surface area contributed by atoms with Crippen molar-refractivity contribution in [3.05, 3.63) is 65.0 Å². The van der Waals surface area contributed by atoms with Crippen molar-refractivity contribution in [1.82, 2.24) is 10.6 Å². The van der Waals surface area contributed by atoms with Gasteiger partial charge >= 0.3 is 0 Å². The molecule has 0 aliphatic heterocycles. The quantitative estimate of drug-likeness (QED) is 0.799. The summed E-state index contributed by atoms with van der Waals surface area (Å²) in [4.78, 5) is 24.3. The largest absolute Gasteiger partial charge is 0.483 e. The van der Waals surface area contributed by atoms with Crippen molar-refractivity contribution in [2.75, 3.05) is 13.2 Å². The van der Waals surface area contributed by atoms with E-state index in [0.717, 1.165) is 11.1 Å². The van der Waals surface area contributed by atoms with Crippen molar-refractivity contribution in [2.45, 2.75) is 26.8 Å². The summed E-state index contributed by atoms with van der Waals surface area (Å²) in [5, 5.41) is 5.52. The average molecular weight is 358 g/mol. The molecule has 6 heteroatoms. The van der Waals surface area contributed by atoms with E-state index >= 15 is 0 Å². The molecule has 1 unspecified atom stereocenters. The van der Waals surface area contributed by atoms with Gasteiger partial charge in [-0.25, -0.2) is 4.39 Å². The Morgan fingerprint density at radius 2 is 1.85 bits per heavy atom. The fourth-order valence-corrected chi connectivity index (χ4v) is 2.53. The Bertz CT molecular complexity index is 775. The van der Waals surface area contributed by atoms with Crippen LogP contribution < -0.4 is 15.4 Å². The lowest BCUT2D eigenvalue weighted by atomic mass is 10.1. The zero-order chi connectivity index (χ0) is 19.1. The summed E-state index contributed by atoms with van der Waals surface area (Å²) in [5.41, 5.74) is 1.96. The van der Waals surface area contributed by atoms with Gasteiger partial charge in [0.1, 0.15) is 11.6 Å². The molecule has 138 valence electrons. The minimum Gasteiger partial charge on any atom is -0.483 e. The van der Waals surface area contributed by atoms with Gasteiger partial charge in [0.25, 0.3) is 11.8 Å². The van der Waals surface area contributed by atoms with Gasteiger partial charge < -0.3 is 15.4 Å². The third kappa shape index (κ3) is 5.05. The van der Waals surface area contributed by atoms with Crippen LogP contribution in [0.3, 0.4) is 0 Å². The molecular formula is C20H23FN2O3. The predicted octanol–water partition coefficient (Wildman–Crippen LogP) is 3.14. The van der Waals surface area contributed by atoms with Gasteiger partial charge in [-0.2, -0.15) is 0 Å². The van der Waals surface area contributed by atoms with E-state index in [1.165, 1.54) is 12.1 Å². The fourth-order valence-electron chi connectivity index (χ4n) is 2.53. The first-order valence-electron chi connectivity index (χ1n) is 8.47. The molecule has 5 nitrogen and oxygen atoms in total. The Morgan fingerprint density at radius 1 is 1.15 bits per heavy atom. The van der Waals surface area contributed by atoms with Crippen LogP contribution >= 0.6 is 0 Å². The summed E-state index contributed by atoms with van der Waals surface area (Å²) in [6.07, 6.45) is 0. The normalized spacial score (nSPS) is 11.5. The van der Waals surface area contributed by atoms with E-state index < -0.39 is 0 Å². The van der Waals surface area contributed by atoms with E-state index in [4.69, 9.17) is 4.74 Å². The maximum Gasteiger partial charge on any atom is 0.258 e. The molecule has 0 spiro atoms. The predicted molar refractivity (Wildman–Crippen MR) is 97.6 cm³/mol. The van der Waals surface area contributed by atoms with Gasteiger partial charge in [-0.3, -0.25) is 9.59 Å². The smallest absolute Gasteiger partial charge is 0.258 e. The molecule has 0 saturated heterocycles. The highest BCUT2D eigenvalue weighted by molar-refractivity contribution is 5.97. The Hall–Kier alpha value is -2.89. The molecule has 0 heterocycles. The topological polar surface area (TPSA) is 67.4 Å². The number of amides is 2. The summed E-state index contributed by atoms with van der Waals surface area (Å²) in [6.45, 7) is 5.74. The van der Waals surface area contributed by atoms with Crippen molar-refractivity contribution >= 4 is 11.8 Å². The SMILES string of the molecule is CCNC(=O)c1cccc(C)c1OCC(=O)NC(C)c1ccc(F)cc1. The molecule has 2 rings (SSSR count). The van der Waals surface area contributed by atoms with E-state index in [1.807, 2.05) is 19.9 Å². The molecule has 2 aromatic carbocycles. The molecule has 2 N–H and O–H groups in total. The van der Waals surface area contributed by atoms with E-state index in [1.54, 1.807) is 31.2 Å². The summed E-state index contributed by atoms with van der Waals surface area (Å²) >= 11 is 0. The minimum absolute atomic E-state index is 0.219. The van der Waals surface area contributed by atoms with Crippen molar-refractivity contribution in [1.29, 1.82) is 0 Å². The molecule has 0 bridgehead atoms.